The van der Waals surface area contributed by atoms with Gasteiger partial charge >= 0.3 is 0 Å². The van der Waals surface area contributed by atoms with Gasteiger partial charge in [0.25, 0.3) is 0 Å². The summed E-state index contributed by atoms with van der Waals surface area (Å²) in [5.74, 6) is 1.33. The van der Waals surface area contributed by atoms with Crippen LogP contribution in [0.4, 0.5) is 0 Å². The normalized spacial score (nSPS) is 27.0. The fourth-order valence-corrected chi connectivity index (χ4v) is 4.47. The molecule has 1 aromatic rings. The van der Waals surface area contributed by atoms with Crippen molar-refractivity contribution in [3.63, 3.8) is 0 Å². The van der Waals surface area contributed by atoms with E-state index >= 15 is 0 Å². The largest absolute Gasteiger partial charge is 0.342 e. The average Bonchev–Trinajstić information content (AvgIpc) is 3.41. The Morgan fingerprint density at radius 1 is 1.04 bits per heavy atom. The molecule has 1 unspecified atom stereocenters. The van der Waals surface area contributed by atoms with Crippen LogP contribution in [0.5, 0.6) is 0 Å². The molecule has 1 spiro atoms. The molecule has 1 saturated carbocycles. The fourth-order valence-electron chi connectivity index (χ4n) is 4.47. The standard InChI is InChI=1S/C21H28N2O2/c24-19(15-17-5-2-1-3-6-17)22-12-4-9-21(10-13-22)11-14-23(20(21)25)16-18-7-8-18/h1-3,5-6,18H,4,7-16H2. The summed E-state index contributed by atoms with van der Waals surface area (Å²) < 4.78 is 0. The minimum absolute atomic E-state index is 0.184. The lowest BCUT2D eigenvalue weighted by Crippen LogP contribution is -2.37. The summed E-state index contributed by atoms with van der Waals surface area (Å²) in [5, 5.41) is 0. The molecule has 134 valence electrons. The molecule has 3 aliphatic rings. The number of hydrogen-bond donors (Lipinski definition) is 0. The molecule has 4 nitrogen and oxygen atoms in total. The molecule has 25 heavy (non-hydrogen) atoms. The van der Waals surface area contributed by atoms with Crippen LogP contribution >= 0.6 is 0 Å². The minimum Gasteiger partial charge on any atom is -0.342 e. The maximum absolute atomic E-state index is 13.0. The Kier molecular flexibility index (Phi) is 4.53. The first kappa shape index (κ1) is 16.6. The second-order valence-electron chi connectivity index (χ2n) is 8.12. The Balaban J connectivity index is 1.37. The van der Waals surface area contributed by atoms with Crippen LogP contribution in [0.1, 0.15) is 44.1 Å². The monoisotopic (exact) mass is 340 g/mol. The summed E-state index contributed by atoms with van der Waals surface area (Å²) in [5.41, 5.74) is 0.885. The lowest BCUT2D eigenvalue weighted by atomic mass is 9.79. The van der Waals surface area contributed by atoms with Gasteiger partial charge in [0.05, 0.1) is 11.8 Å². The number of nitrogens with zero attached hydrogens (tertiary/aromatic N) is 2. The summed E-state index contributed by atoms with van der Waals surface area (Å²) in [6.07, 6.45) is 6.77. The van der Waals surface area contributed by atoms with Gasteiger partial charge in [-0.3, -0.25) is 9.59 Å². The van der Waals surface area contributed by atoms with Crippen LogP contribution in [-0.2, 0) is 16.0 Å². The van der Waals surface area contributed by atoms with Gasteiger partial charge in [-0.1, -0.05) is 30.3 Å². The quantitative estimate of drug-likeness (QED) is 0.846. The predicted octanol–water partition coefficient (Wildman–Crippen LogP) is 2.87. The van der Waals surface area contributed by atoms with Crippen molar-refractivity contribution >= 4 is 11.8 Å². The molecular formula is C21H28N2O2. The summed E-state index contributed by atoms with van der Waals surface area (Å²) in [6.45, 7) is 3.42. The van der Waals surface area contributed by atoms with Crippen molar-refractivity contribution in [2.45, 2.75) is 44.9 Å². The Morgan fingerprint density at radius 2 is 1.80 bits per heavy atom. The smallest absolute Gasteiger partial charge is 0.228 e. The van der Waals surface area contributed by atoms with Crippen molar-refractivity contribution in [1.82, 2.24) is 9.80 Å². The number of hydrogen-bond acceptors (Lipinski definition) is 2. The highest BCUT2D eigenvalue weighted by Gasteiger charge is 2.47. The third-order valence-electron chi connectivity index (χ3n) is 6.27. The van der Waals surface area contributed by atoms with Crippen molar-refractivity contribution in [3.05, 3.63) is 35.9 Å². The Hall–Kier alpha value is -1.84. The van der Waals surface area contributed by atoms with Crippen molar-refractivity contribution in [2.24, 2.45) is 11.3 Å². The Bertz CT molecular complexity index is 641. The third-order valence-corrected chi connectivity index (χ3v) is 6.27. The third kappa shape index (κ3) is 3.58. The molecule has 2 aliphatic heterocycles. The summed E-state index contributed by atoms with van der Waals surface area (Å²) >= 11 is 0. The lowest BCUT2D eigenvalue weighted by Gasteiger charge is -2.27. The molecule has 0 radical (unpaired) electrons. The highest BCUT2D eigenvalue weighted by molar-refractivity contribution is 5.85. The molecule has 0 N–H and O–H groups in total. The number of benzene rings is 1. The van der Waals surface area contributed by atoms with Crippen LogP contribution in [0.15, 0.2) is 30.3 Å². The molecule has 4 heteroatoms. The van der Waals surface area contributed by atoms with Gasteiger partial charge in [0.2, 0.25) is 11.8 Å². The Morgan fingerprint density at radius 3 is 2.56 bits per heavy atom. The van der Waals surface area contributed by atoms with E-state index < -0.39 is 0 Å². The first-order valence-electron chi connectivity index (χ1n) is 9.77. The van der Waals surface area contributed by atoms with Gasteiger partial charge in [-0.2, -0.15) is 0 Å². The number of likely N-dealkylation sites (tertiary alicyclic amines) is 2. The van der Waals surface area contributed by atoms with Crippen molar-refractivity contribution in [1.29, 1.82) is 0 Å². The highest BCUT2D eigenvalue weighted by Crippen LogP contribution is 2.43. The van der Waals surface area contributed by atoms with Gasteiger partial charge in [-0.05, 0) is 50.0 Å². The van der Waals surface area contributed by atoms with Gasteiger partial charge in [-0.15, -0.1) is 0 Å². The van der Waals surface area contributed by atoms with Gasteiger partial charge in [0.1, 0.15) is 0 Å². The first-order chi connectivity index (χ1) is 12.2. The van der Waals surface area contributed by atoms with Crippen LogP contribution in [0.25, 0.3) is 0 Å². The van der Waals surface area contributed by atoms with E-state index in [0.29, 0.717) is 12.3 Å². The molecule has 0 aromatic heterocycles. The van der Waals surface area contributed by atoms with Gasteiger partial charge in [-0.25, -0.2) is 0 Å². The zero-order chi connectivity index (χ0) is 17.3. The van der Waals surface area contributed by atoms with Crippen molar-refractivity contribution < 1.29 is 9.59 Å². The molecular weight excluding hydrogens is 312 g/mol. The minimum atomic E-state index is -0.184. The second kappa shape index (κ2) is 6.81. The van der Waals surface area contributed by atoms with E-state index in [9.17, 15) is 9.59 Å². The summed E-state index contributed by atoms with van der Waals surface area (Å²) in [6, 6.07) is 9.95. The molecule has 1 atom stereocenters. The van der Waals surface area contributed by atoms with E-state index in [1.165, 1.54) is 12.8 Å². The molecule has 1 aliphatic carbocycles. The molecule has 3 fully saturated rings. The number of carbonyl (C=O) groups excluding carboxylic acids is 2. The summed E-state index contributed by atoms with van der Waals surface area (Å²) in [4.78, 5) is 29.7. The van der Waals surface area contributed by atoms with E-state index in [4.69, 9.17) is 0 Å². The number of carbonyl (C=O) groups is 2. The SMILES string of the molecule is O=C(Cc1ccccc1)N1CCCC2(CC1)CCN(CC1CC1)C2=O. The summed E-state index contributed by atoms with van der Waals surface area (Å²) in [7, 11) is 0. The molecule has 4 rings (SSSR count). The maximum Gasteiger partial charge on any atom is 0.228 e. The van der Waals surface area contributed by atoms with Crippen molar-refractivity contribution in [2.75, 3.05) is 26.2 Å². The number of amides is 2. The molecule has 0 bridgehead atoms. The van der Waals surface area contributed by atoms with Gasteiger partial charge in [0.15, 0.2) is 0 Å². The first-order valence-corrected chi connectivity index (χ1v) is 9.77. The van der Waals surface area contributed by atoms with Gasteiger partial charge in [0, 0.05) is 26.2 Å². The van der Waals surface area contributed by atoms with Crippen LogP contribution in [0, 0.1) is 11.3 Å². The average molecular weight is 340 g/mol. The highest BCUT2D eigenvalue weighted by atomic mass is 16.2. The van der Waals surface area contributed by atoms with Gasteiger partial charge < -0.3 is 9.80 Å². The van der Waals surface area contributed by atoms with Crippen LogP contribution in [0.3, 0.4) is 0 Å². The molecule has 2 amide bonds. The van der Waals surface area contributed by atoms with Crippen LogP contribution in [-0.4, -0.2) is 47.8 Å². The zero-order valence-corrected chi connectivity index (χ0v) is 15.0. The molecule has 1 aromatic carbocycles. The predicted molar refractivity (Wildman–Crippen MR) is 96.9 cm³/mol. The van der Waals surface area contributed by atoms with E-state index in [1.54, 1.807) is 0 Å². The molecule has 2 heterocycles. The lowest BCUT2D eigenvalue weighted by molar-refractivity contribution is -0.137. The van der Waals surface area contributed by atoms with E-state index in [1.807, 2.05) is 35.2 Å². The van der Waals surface area contributed by atoms with Crippen LogP contribution in [0.2, 0.25) is 0 Å². The topological polar surface area (TPSA) is 40.6 Å². The Labute approximate surface area is 150 Å². The van der Waals surface area contributed by atoms with Crippen LogP contribution < -0.4 is 0 Å². The number of rotatable bonds is 4. The zero-order valence-electron chi connectivity index (χ0n) is 15.0. The van der Waals surface area contributed by atoms with Crippen molar-refractivity contribution in [3.8, 4) is 0 Å². The maximum atomic E-state index is 13.0. The van der Waals surface area contributed by atoms with E-state index in [-0.39, 0.29) is 11.3 Å². The van der Waals surface area contributed by atoms with E-state index in [2.05, 4.69) is 4.90 Å². The molecule has 2 saturated heterocycles. The fraction of sp³-hybridized carbons (Fsp3) is 0.619. The second-order valence-corrected chi connectivity index (χ2v) is 8.12. The van der Waals surface area contributed by atoms with E-state index in [0.717, 1.165) is 63.3 Å².